The van der Waals surface area contributed by atoms with E-state index < -0.39 is 18.1 Å². The van der Waals surface area contributed by atoms with E-state index in [2.05, 4.69) is 24.8 Å². The van der Waals surface area contributed by atoms with Crippen molar-refractivity contribution in [3.8, 4) is 33.7 Å². The highest BCUT2D eigenvalue weighted by Crippen LogP contribution is 2.41. The third-order valence-corrected chi connectivity index (χ3v) is 6.75. The van der Waals surface area contributed by atoms with Crippen LogP contribution in [-0.4, -0.2) is 55.2 Å². The number of aryl methyl sites for hydroxylation is 2. The van der Waals surface area contributed by atoms with Crippen LogP contribution in [0, 0.1) is 13.8 Å². The SMILES string of the molecule is Cc1noc(C)c1-c1cnc2c(c1)c(-c1ccc(C(=O)O)cc1OC(F)(F)F)cn2-c1cnc(N2CCC2)nc1. The molecular formula is C27H21F3N6O4. The molecular weight excluding hydrogens is 529 g/mol. The second kappa shape index (κ2) is 9.36. The van der Waals surface area contributed by atoms with Crippen LogP contribution in [-0.2, 0) is 0 Å². The number of hydrogen-bond acceptors (Lipinski definition) is 8. The van der Waals surface area contributed by atoms with E-state index in [-0.39, 0.29) is 11.1 Å². The summed E-state index contributed by atoms with van der Waals surface area (Å²) >= 11 is 0. The summed E-state index contributed by atoms with van der Waals surface area (Å²) in [7, 11) is 0. The van der Waals surface area contributed by atoms with Crippen molar-refractivity contribution in [1.29, 1.82) is 0 Å². The molecule has 0 bridgehead atoms. The number of alkyl halides is 3. The fourth-order valence-corrected chi connectivity index (χ4v) is 4.76. The lowest BCUT2D eigenvalue weighted by molar-refractivity contribution is -0.274. The molecule has 13 heteroatoms. The van der Waals surface area contributed by atoms with Gasteiger partial charge < -0.3 is 19.3 Å². The van der Waals surface area contributed by atoms with Crippen LogP contribution < -0.4 is 9.64 Å². The van der Waals surface area contributed by atoms with Gasteiger partial charge in [0.05, 0.1) is 29.3 Å². The number of fused-ring (bicyclic) bond motifs is 1. The maximum atomic E-state index is 13.4. The van der Waals surface area contributed by atoms with E-state index in [1.54, 1.807) is 49.3 Å². The highest BCUT2D eigenvalue weighted by molar-refractivity contribution is 5.99. The molecule has 40 heavy (non-hydrogen) atoms. The van der Waals surface area contributed by atoms with E-state index in [1.807, 2.05) is 4.90 Å². The Morgan fingerprint density at radius 3 is 2.40 bits per heavy atom. The number of benzene rings is 1. The molecule has 0 saturated carbocycles. The van der Waals surface area contributed by atoms with E-state index >= 15 is 0 Å². The number of pyridine rings is 1. The van der Waals surface area contributed by atoms with Gasteiger partial charge in [-0.05, 0) is 44.5 Å². The summed E-state index contributed by atoms with van der Waals surface area (Å²) in [4.78, 5) is 27.1. The Balaban J connectivity index is 1.57. The Bertz CT molecular complexity index is 1740. The Morgan fingerprint density at radius 1 is 1.05 bits per heavy atom. The maximum absolute atomic E-state index is 13.4. The van der Waals surface area contributed by atoms with Gasteiger partial charge in [0.25, 0.3) is 0 Å². The topological polar surface area (TPSA) is 119 Å². The lowest BCUT2D eigenvalue weighted by Crippen LogP contribution is -2.38. The molecule has 1 N–H and O–H groups in total. The lowest BCUT2D eigenvalue weighted by atomic mass is 10.00. The molecule has 6 rings (SSSR count). The number of rotatable bonds is 6. The molecule has 0 radical (unpaired) electrons. The molecule has 0 atom stereocenters. The molecule has 10 nitrogen and oxygen atoms in total. The van der Waals surface area contributed by atoms with Gasteiger partial charge in [-0.2, -0.15) is 0 Å². The van der Waals surface area contributed by atoms with E-state index in [0.29, 0.717) is 50.8 Å². The predicted octanol–water partition coefficient (Wildman–Crippen LogP) is 5.56. The number of aromatic nitrogens is 5. The quantitative estimate of drug-likeness (QED) is 0.290. The van der Waals surface area contributed by atoms with Crippen molar-refractivity contribution in [3.05, 3.63) is 66.1 Å². The first kappa shape index (κ1) is 25.3. The summed E-state index contributed by atoms with van der Waals surface area (Å²) in [6.07, 6.45) is 2.49. The number of ether oxygens (including phenoxy) is 1. The van der Waals surface area contributed by atoms with Crippen LogP contribution in [0.1, 0.15) is 28.2 Å². The van der Waals surface area contributed by atoms with Crippen molar-refractivity contribution in [2.45, 2.75) is 26.6 Å². The maximum Gasteiger partial charge on any atom is 0.573 e. The van der Waals surface area contributed by atoms with Gasteiger partial charge in [-0.3, -0.25) is 4.57 Å². The van der Waals surface area contributed by atoms with Crippen LogP contribution >= 0.6 is 0 Å². The molecule has 0 aliphatic carbocycles. The molecule has 5 heterocycles. The van der Waals surface area contributed by atoms with Crippen molar-refractivity contribution in [2.24, 2.45) is 0 Å². The van der Waals surface area contributed by atoms with E-state index in [1.165, 1.54) is 12.1 Å². The summed E-state index contributed by atoms with van der Waals surface area (Å²) in [6, 6.07) is 5.14. The Morgan fingerprint density at radius 2 is 1.80 bits per heavy atom. The summed E-state index contributed by atoms with van der Waals surface area (Å²) < 4.78 is 51.5. The van der Waals surface area contributed by atoms with Crippen LogP contribution in [0.15, 0.2) is 53.6 Å². The molecule has 1 fully saturated rings. The van der Waals surface area contributed by atoms with Gasteiger partial charge in [0, 0.05) is 53.1 Å². The van der Waals surface area contributed by atoms with Gasteiger partial charge in [-0.1, -0.05) is 5.16 Å². The minimum Gasteiger partial charge on any atom is -0.478 e. The van der Waals surface area contributed by atoms with Gasteiger partial charge >= 0.3 is 12.3 Å². The van der Waals surface area contributed by atoms with E-state index in [4.69, 9.17) is 4.52 Å². The molecule has 4 aromatic heterocycles. The predicted molar refractivity (Wildman–Crippen MR) is 138 cm³/mol. The van der Waals surface area contributed by atoms with Crippen molar-refractivity contribution in [3.63, 3.8) is 0 Å². The number of hydrogen-bond donors (Lipinski definition) is 1. The first-order valence-corrected chi connectivity index (χ1v) is 12.2. The monoisotopic (exact) mass is 550 g/mol. The first-order valence-electron chi connectivity index (χ1n) is 12.2. The number of carboxylic acids is 1. The minimum atomic E-state index is -5.05. The zero-order valence-corrected chi connectivity index (χ0v) is 21.2. The van der Waals surface area contributed by atoms with Crippen LogP contribution in [0.25, 0.3) is 39.0 Å². The summed E-state index contributed by atoms with van der Waals surface area (Å²) in [5.41, 5.74) is 2.96. The average Bonchev–Trinajstić information content (AvgIpc) is 3.41. The van der Waals surface area contributed by atoms with Crippen LogP contribution in [0.5, 0.6) is 5.75 Å². The van der Waals surface area contributed by atoms with Crippen LogP contribution in [0.4, 0.5) is 19.1 Å². The molecule has 0 amide bonds. The minimum absolute atomic E-state index is 0.0295. The van der Waals surface area contributed by atoms with Gasteiger partial charge in [0.1, 0.15) is 17.2 Å². The van der Waals surface area contributed by atoms with Crippen LogP contribution in [0.2, 0.25) is 0 Å². The molecule has 1 aliphatic heterocycles. The zero-order chi connectivity index (χ0) is 28.2. The zero-order valence-electron chi connectivity index (χ0n) is 21.2. The Labute approximate surface area is 224 Å². The highest BCUT2D eigenvalue weighted by Gasteiger charge is 2.33. The number of anilines is 1. The highest BCUT2D eigenvalue weighted by atomic mass is 19.4. The van der Waals surface area contributed by atoms with Gasteiger partial charge in [0.15, 0.2) is 0 Å². The van der Waals surface area contributed by atoms with Crippen molar-refractivity contribution in [1.82, 2.24) is 24.7 Å². The van der Waals surface area contributed by atoms with Crippen molar-refractivity contribution >= 4 is 23.0 Å². The smallest absolute Gasteiger partial charge is 0.478 e. The molecule has 1 aliphatic rings. The first-order chi connectivity index (χ1) is 19.1. The van der Waals surface area contributed by atoms with Gasteiger partial charge in [-0.25, -0.2) is 19.7 Å². The molecule has 1 saturated heterocycles. The number of carboxylic acid groups (broad SMARTS) is 1. The summed E-state index contributed by atoms with van der Waals surface area (Å²) in [5.74, 6) is -0.895. The normalized spacial score (nSPS) is 13.5. The van der Waals surface area contributed by atoms with Crippen molar-refractivity contribution < 1.29 is 32.3 Å². The van der Waals surface area contributed by atoms with Gasteiger partial charge in [0.2, 0.25) is 5.95 Å². The van der Waals surface area contributed by atoms with E-state index in [9.17, 15) is 23.1 Å². The third kappa shape index (κ3) is 4.48. The second-order valence-electron chi connectivity index (χ2n) is 9.35. The third-order valence-electron chi connectivity index (χ3n) is 6.75. The number of halogens is 3. The number of carbonyl (C=O) groups is 1. The molecule has 5 aromatic rings. The summed E-state index contributed by atoms with van der Waals surface area (Å²) in [6.45, 7) is 5.27. The Kier molecular flexibility index (Phi) is 5.93. The molecule has 0 unspecified atom stereocenters. The van der Waals surface area contributed by atoms with Crippen LogP contribution in [0.3, 0.4) is 0 Å². The number of aromatic carboxylic acids is 1. The molecule has 0 spiro atoms. The number of nitrogens with zero attached hydrogens (tertiary/aromatic N) is 6. The molecule has 204 valence electrons. The van der Waals surface area contributed by atoms with Crippen molar-refractivity contribution in [2.75, 3.05) is 18.0 Å². The fraction of sp³-hybridized carbons (Fsp3) is 0.222. The average molecular weight is 550 g/mol. The standard InChI is InChI=1S/C27H21F3N6O4/c1-14-23(15(2)40-34-14)17-8-20-21(19-5-4-16(25(37)38)9-22(19)39-27(28,29)30)13-36(24(20)31-10-17)18-11-32-26(33-12-18)35-6-3-7-35/h4-5,8-13H,3,6-7H2,1-2H3,(H,37,38). The lowest BCUT2D eigenvalue weighted by Gasteiger charge is -2.30. The summed E-state index contributed by atoms with van der Waals surface area (Å²) in [5, 5.41) is 13.9. The fourth-order valence-electron chi connectivity index (χ4n) is 4.76. The van der Waals surface area contributed by atoms with Gasteiger partial charge in [-0.15, -0.1) is 13.2 Å². The van der Waals surface area contributed by atoms with E-state index in [0.717, 1.165) is 25.6 Å². The molecule has 1 aromatic carbocycles. The largest absolute Gasteiger partial charge is 0.573 e. The Hall–Kier alpha value is -4.94. The second-order valence-corrected chi connectivity index (χ2v) is 9.35.